The van der Waals surface area contributed by atoms with Crippen molar-refractivity contribution in [2.75, 3.05) is 36.9 Å². The van der Waals surface area contributed by atoms with Gasteiger partial charge in [0.15, 0.2) is 0 Å². The van der Waals surface area contributed by atoms with Crippen molar-refractivity contribution in [3.63, 3.8) is 0 Å². The van der Waals surface area contributed by atoms with Crippen LogP contribution in [0.5, 0.6) is 0 Å². The number of anilines is 1. The summed E-state index contributed by atoms with van der Waals surface area (Å²) >= 11 is 1.51. The highest BCUT2D eigenvalue weighted by Crippen LogP contribution is 2.22. The Morgan fingerprint density at radius 1 is 1.35 bits per heavy atom. The van der Waals surface area contributed by atoms with Crippen molar-refractivity contribution < 1.29 is 13.5 Å². The fourth-order valence-corrected chi connectivity index (χ4v) is 4.98. The van der Waals surface area contributed by atoms with Crippen molar-refractivity contribution in [2.24, 2.45) is 5.92 Å². The Hall–Kier alpha value is -0.760. The Bertz CT molecular complexity index is 531. The zero-order valence-corrected chi connectivity index (χ0v) is 12.9. The highest BCUT2D eigenvalue weighted by atomic mass is 32.2. The molecule has 0 saturated carbocycles. The molecule has 0 radical (unpaired) electrons. The zero-order chi connectivity index (χ0) is 14.6. The third-order valence-corrected chi connectivity index (χ3v) is 6.50. The van der Waals surface area contributed by atoms with Crippen LogP contribution in [0.3, 0.4) is 0 Å². The second-order valence-corrected chi connectivity index (χ2v) is 8.19. The van der Waals surface area contributed by atoms with Crippen LogP contribution in [0.1, 0.15) is 6.42 Å². The molecule has 20 heavy (non-hydrogen) atoms. The van der Waals surface area contributed by atoms with Crippen LogP contribution in [0.2, 0.25) is 0 Å². The van der Waals surface area contributed by atoms with Crippen LogP contribution < -0.4 is 5.73 Å². The lowest BCUT2D eigenvalue weighted by atomic mass is 10.1. The first-order chi connectivity index (χ1) is 9.51. The van der Waals surface area contributed by atoms with E-state index in [1.54, 1.807) is 0 Å². The van der Waals surface area contributed by atoms with Crippen molar-refractivity contribution in [3.8, 4) is 0 Å². The molecule has 7 heteroatoms. The third kappa shape index (κ3) is 4.12. The van der Waals surface area contributed by atoms with Gasteiger partial charge in [-0.3, -0.25) is 0 Å². The summed E-state index contributed by atoms with van der Waals surface area (Å²) in [7, 11) is -3.20. The molecule has 2 rings (SSSR count). The molecular weight excluding hydrogens is 296 g/mol. The molecule has 0 aliphatic carbocycles. The summed E-state index contributed by atoms with van der Waals surface area (Å²) in [5.41, 5.74) is 6.30. The Kier molecular flexibility index (Phi) is 5.31. The molecule has 1 aliphatic rings. The van der Waals surface area contributed by atoms with Crippen molar-refractivity contribution in [2.45, 2.75) is 11.3 Å². The van der Waals surface area contributed by atoms with E-state index in [1.165, 1.54) is 16.1 Å². The van der Waals surface area contributed by atoms with Gasteiger partial charge in [0, 0.05) is 36.0 Å². The number of hydrogen-bond donors (Lipinski definition) is 2. The minimum absolute atomic E-state index is 0.0617. The molecule has 1 atom stereocenters. The standard InChI is InChI=1S/C13H20N2O3S2/c14-12-1-3-13(4-2-12)19-7-8-20(17,18)15-6-5-11(9-15)10-16/h1-4,11,16H,5-10,14H2. The first-order valence-electron chi connectivity index (χ1n) is 6.58. The maximum atomic E-state index is 12.1. The van der Waals surface area contributed by atoms with Gasteiger partial charge < -0.3 is 10.8 Å². The molecule has 1 heterocycles. The lowest BCUT2D eigenvalue weighted by molar-refractivity contribution is 0.233. The van der Waals surface area contributed by atoms with Crippen LogP contribution in [-0.4, -0.2) is 49.0 Å². The quantitative estimate of drug-likeness (QED) is 0.604. The smallest absolute Gasteiger partial charge is 0.214 e. The van der Waals surface area contributed by atoms with Crippen LogP contribution in [0.4, 0.5) is 5.69 Å². The number of aliphatic hydroxyl groups excluding tert-OH is 1. The number of nitrogens with zero attached hydrogens (tertiary/aromatic N) is 1. The van der Waals surface area contributed by atoms with E-state index in [9.17, 15) is 8.42 Å². The maximum absolute atomic E-state index is 12.1. The Balaban J connectivity index is 1.82. The Morgan fingerprint density at radius 2 is 2.05 bits per heavy atom. The van der Waals surface area contributed by atoms with Gasteiger partial charge in [-0.2, -0.15) is 0 Å². The minimum atomic E-state index is -3.20. The lowest BCUT2D eigenvalue weighted by Gasteiger charge is -2.16. The van der Waals surface area contributed by atoms with Crippen LogP contribution in [-0.2, 0) is 10.0 Å². The molecule has 0 amide bonds. The van der Waals surface area contributed by atoms with Gasteiger partial charge >= 0.3 is 0 Å². The highest BCUT2D eigenvalue weighted by molar-refractivity contribution is 8.00. The number of hydrogen-bond acceptors (Lipinski definition) is 5. The molecule has 0 spiro atoms. The number of nitrogens with two attached hydrogens (primary N) is 1. The number of rotatable bonds is 6. The van der Waals surface area contributed by atoms with E-state index >= 15 is 0 Å². The largest absolute Gasteiger partial charge is 0.399 e. The van der Waals surface area contributed by atoms with Gasteiger partial charge in [0.2, 0.25) is 10.0 Å². The first kappa shape index (κ1) is 15.6. The fraction of sp³-hybridized carbons (Fsp3) is 0.538. The van der Waals surface area contributed by atoms with Crippen LogP contribution in [0.15, 0.2) is 29.2 Å². The summed E-state index contributed by atoms with van der Waals surface area (Å²) in [6, 6.07) is 7.40. The summed E-state index contributed by atoms with van der Waals surface area (Å²) in [5, 5.41) is 9.06. The fourth-order valence-electron chi connectivity index (χ4n) is 2.16. The molecule has 1 unspecified atom stereocenters. The van der Waals surface area contributed by atoms with Gasteiger partial charge in [0.05, 0.1) is 5.75 Å². The highest BCUT2D eigenvalue weighted by Gasteiger charge is 2.30. The molecule has 1 aromatic rings. The van der Waals surface area contributed by atoms with Gasteiger partial charge in [-0.15, -0.1) is 11.8 Å². The van der Waals surface area contributed by atoms with Gasteiger partial charge in [0.1, 0.15) is 0 Å². The Labute approximate surface area is 124 Å². The van der Waals surface area contributed by atoms with Crippen LogP contribution >= 0.6 is 11.8 Å². The number of thioether (sulfide) groups is 1. The van der Waals surface area contributed by atoms with E-state index in [1.807, 2.05) is 24.3 Å². The number of sulfonamides is 1. The van der Waals surface area contributed by atoms with Gasteiger partial charge in [-0.25, -0.2) is 12.7 Å². The van der Waals surface area contributed by atoms with Crippen LogP contribution in [0.25, 0.3) is 0 Å². The number of benzene rings is 1. The summed E-state index contributed by atoms with van der Waals surface area (Å²) in [6.07, 6.45) is 0.751. The van der Waals surface area contributed by atoms with E-state index in [0.29, 0.717) is 24.5 Å². The normalized spacial score (nSPS) is 20.4. The zero-order valence-electron chi connectivity index (χ0n) is 11.2. The number of nitrogen functional groups attached to an aromatic ring is 1. The molecule has 3 N–H and O–H groups in total. The molecule has 1 fully saturated rings. The molecule has 0 bridgehead atoms. The van der Waals surface area contributed by atoms with E-state index in [-0.39, 0.29) is 18.3 Å². The summed E-state index contributed by atoms with van der Waals surface area (Å²) in [5.74, 6) is 0.738. The molecule has 112 valence electrons. The van der Waals surface area contributed by atoms with E-state index in [0.717, 1.165) is 11.3 Å². The van der Waals surface area contributed by atoms with E-state index < -0.39 is 10.0 Å². The molecule has 1 aromatic carbocycles. The summed E-state index contributed by atoms with van der Waals surface area (Å²) in [4.78, 5) is 1.02. The monoisotopic (exact) mass is 316 g/mol. The van der Waals surface area contributed by atoms with E-state index in [4.69, 9.17) is 10.8 Å². The average molecular weight is 316 g/mol. The van der Waals surface area contributed by atoms with Crippen LogP contribution in [0, 0.1) is 5.92 Å². The second-order valence-electron chi connectivity index (χ2n) is 4.93. The van der Waals surface area contributed by atoms with Gasteiger partial charge in [-0.05, 0) is 36.6 Å². The maximum Gasteiger partial charge on any atom is 0.214 e. The molecule has 5 nitrogen and oxygen atoms in total. The second kappa shape index (κ2) is 6.80. The van der Waals surface area contributed by atoms with Crippen molar-refractivity contribution in [1.82, 2.24) is 4.31 Å². The van der Waals surface area contributed by atoms with Crippen molar-refractivity contribution >= 4 is 27.5 Å². The number of aliphatic hydroxyl groups is 1. The van der Waals surface area contributed by atoms with Crippen molar-refractivity contribution in [1.29, 1.82) is 0 Å². The predicted molar refractivity (Wildman–Crippen MR) is 82.1 cm³/mol. The average Bonchev–Trinajstić information content (AvgIpc) is 2.90. The third-order valence-electron chi connectivity index (χ3n) is 3.39. The molecule has 1 aliphatic heterocycles. The van der Waals surface area contributed by atoms with Crippen molar-refractivity contribution in [3.05, 3.63) is 24.3 Å². The first-order valence-corrected chi connectivity index (χ1v) is 9.18. The lowest BCUT2D eigenvalue weighted by Crippen LogP contribution is -2.32. The molecule has 0 aromatic heterocycles. The van der Waals surface area contributed by atoms with Gasteiger partial charge in [0.25, 0.3) is 0 Å². The molecular formula is C13H20N2O3S2. The van der Waals surface area contributed by atoms with E-state index in [2.05, 4.69) is 0 Å². The van der Waals surface area contributed by atoms with Gasteiger partial charge in [-0.1, -0.05) is 0 Å². The topological polar surface area (TPSA) is 83.6 Å². The molecule has 1 saturated heterocycles. The summed E-state index contributed by atoms with van der Waals surface area (Å²) < 4.78 is 25.8. The minimum Gasteiger partial charge on any atom is -0.399 e. The SMILES string of the molecule is Nc1ccc(SCCS(=O)(=O)N2CCC(CO)C2)cc1. The Morgan fingerprint density at radius 3 is 2.65 bits per heavy atom. The summed E-state index contributed by atoms with van der Waals surface area (Å²) in [6.45, 7) is 1.04. The predicted octanol–water partition coefficient (Wildman–Crippen LogP) is 1.00.